The van der Waals surface area contributed by atoms with Crippen molar-refractivity contribution in [2.24, 2.45) is 17.3 Å². The number of piperazine rings is 1. The number of benzene rings is 1. The molecule has 1 saturated carbocycles. The van der Waals surface area contributed by atoms with Crippen LogP contribution in [0.2, 0.25) is 0 Å². The minimum Gasteiger partial charge on any atom is -0.464 e. The number of nitrogens with one attached hydrogen (secondary N) is 2. The number of rotatable bonds is 13. The van der Waals surface area contributed by atoms with Crippen molar-refractivity contribution in [1.82, 2.24) is 35.2 Å². The third-order valence-corrected chi connectivity index (χ3v) is 14.4. The van der Waals surface area contributed by atoms with Crippen LogP contribution < -0.4 is 15.6 Å². The van der Waals surface area contributed by atoms with Gasteiger partial charge in [-0.3, -0.25) is 33.7 Å². The van der Waals surface area contributed by atoms with Crippen LogP contribution in [0.3, 0.4) is 0 Å². The van der Waals surface area contributed by atoms with Gasteiger partial charge in [-0.05, 0) is 62.3 Å². The summed E-state index contributed by atoms with van der Waals surface area (Å²) in [6, 6.07) is 6.49. The predicted molar refractivity (Wildman–Crippen MR) is 247 cm³/mol. The van der Waals surface area contributed by atoms with Gasteiger partial charge < -0.3 is 29.0 Å². The molecule has 2 unspecified atom stereocenters. The summed E-state index contributed by atoms with van der Waals surface area (Å²) in [4.78, 5) is 56.2. The van der Waals surface area contributed by atoms with E-state index in [4.69, 9.17) is 24.2 Å². The zero-order chi connectivity index (χ0) is 46.0. The molecule has 6 atom stereocenters. The first kappa shape index (κ1) is 47.0. The van der Waals surface area contributed by atoms with Gasteiger partial charge in [0.15, 0.2) is 0 Å². The largest absolute Gasteiger partial charge is 0.464 e. The van der Waals surface area contributed by atoms with Gasteiger partial charge >= 0.3 is 5.97 Å². The summed E-state index contributed by atoms with van der Waals surface area (Å²) in [5.74, 6) is -0.842. The maximum atomic E-state index is 16.0. The van der Waals surface area contributed by atoms with Gasteiger partial charge in [-0.15, -0.1) is 11.3 Å². The number of anilines is 1. The molecule has 17 heteroatoms. The number of thiazole rings is 1. The number of aromatic nitrogens is 3. The molecule has 2 saturated heterocycles. The van der Waals surface area contributed by atoms with E-state index in [2.05, 4.69) is 32.7 Å². The summed E-state index contributed by atoms with van der Waals surface area (Å²) >= 11 is 1.42. The summed E-state index contributed by atoms with van der Waals surface area (Å²) in [5.41, 5.74) is 8.84. The quantitative estimate of drug-likeness (QED) is 0.146. The summed E-state index contributed by atoms with van der Waals surface area (Å²) in [6.45, 7) is 12.4. The van der Waals surface area contributed by atoms with Crippen molar-refractivity contribution < 1.29 is 37.4 Å². The molecule has 8 rings (SSSR count). The van der Waals surface area contributed by atoms with Crippen molar-refractivity contribution >= 4 is 45.7 Å². The van der Waals surface area contributed by atoms with Crippen LogP contribution in [0.25, 0.3) is 33.4 Å². The van der Waals surface area contributed by atoms with Crippen LogP contribution in [0.4, 0.5) is 14.5 Å². The van der Waals surface area contributed by atoms with E-state index in [9.17, 15) is 18.8 Å². The zero-order valence-corrected chi connectivity index (χ0v) is 39.4. The minimum absolute atomic E-state index is 0.0536. The lowest BCUT2D eigenvalue weighted by Gasteiger charge is -2.36. The maximum absolute atomic E-state index is 16.0. The Hall–Kier alpha value is -4.55. The summed E-state index contributed by atoms with van der Waals surface area (Å²) < 4.78 is 49.3. The molecule has 6 bridgehead atoms. The Labute approximate surface area is 384 Å². The predicted octanol–water partition coefficient (Wildman–Crippen LogP) is 6.30. The molecule has 2 amide bonds. The number of hydrazine groups is 1. The number of nitrogens with zero attached hydrogens (tertiary/aromatic N) is 6. The van der Waals surface area contributed by atoms with Crippen molar-refractivity contribution in [2.45, 2.75) is 97.1 Å². The van der Waals surface area contributed by atoms with Gasteiger partial charge in [0, 0.05) is 105 Å². The number of carbonyl (C=O) groups excluding carboxylic acids is 3. The average Bonchev–Trinajstić information content (AvgIpc) is 3.74. The Morgan fingerprint density at radius 3 is 2.65 bits per heavy atom. The molecule has 14 nitrogen and oxygen atoms in total. The average molecular weight is 919 g/mol. The number of halogens is 2. The smallest absolute Gasteiger partial charge is 0.324 e. The highest BCUT2D eigenvalue weighted by molar-refractivity contribution is 7.10. The van der Waals surface area contributed by atoms with Crippen molar-refractivity contribution in [3.63, 3.8) is 0 Å². The van der Waals surface area contributed by atoms with E-state index in [-0.39, 0.29) is 49.6 Å². The lowest BCUT2D eigenvalue weighted by Crippen LogP contribution is -2.60. The van der Waals surface area contributed by atoms with Crippen LogP contribution in [-0.4, -0.2) is 134 Å². The number of hydrogen-bond acceptors (Lipinski definition) is 12. The molecule has 1 aromatic carbocycles. The molecule has 0 spiro atoms. The van der Waals surface area contributed by atoms with Crippen LogP contribution in [0.5, 0.6) is 0 Å². The third kappa shape index (κ3) is 10.5. The van der Waals surface area contributed by atoms with Gasteiger partial charge in [-0.2, -0.15) is 0 Å². The molecule has 352 valence electrons. The van der Waals surface area contributed by atoms with E-state index in [1.807, 2.05) is 56.0 Å². The van der Waals surface area contributed by atoms with Crippen molar-refractivity contribution in [3.8, 4) is 22.5 Å². The summed E-state index contributed by atoms with van der Waals surface area (Å²) in [6.07, 6.45) is 2.14. The number of hydrogen-bond donors (Lipinski definition) is 2. The van der Waals surface area contributed by atoms with Crippen molar-refractivity contribution in [1.29, 1.82) is 0 Å². The lowest BCUT2D eigenvalue weighted by molar-refractivity contribution is -0.155. The molecule has 3 aliphatic heterocycles. The number of alkyl halides is 2. The fraction of sp³-hybridized carbons (Fsp3) is 0.604. The highest BCUT2D eigenvalue weighted by Crippen LogP contribution is 2.44. The second-order valence-electron chi connectivity index (χ2n) is 19.0. The van der Waals surface area contributed by atoms with Gasteiger partial charge in [0.25, 0.3) is 5.91 Å². The Kier molecular flexibility index (Phi) is 14.5. The molecular formula is C48H64F2N8O6S. The normalized spacial score (nSPS) is 23.8. The first-order valence-electron chi connectivity index (χ1n) is 23.1. The molecular weight excluding hydrogens is 855 g/mol. The van der Waals surface area contributed by atoms with Crippen LogP contribution >= 0.6 is 11.3 Å². The van der Waals surface area contributed by atoms with E-state index in [1.54, 1.807) is 14.2 Å². The summed E-state index contributed by atoms with van der Waals surface area (Å²) in [5, 5.41) is 7.97. The monoisotopic (exact) mass is 918 g/mol. The summed E-state index contributed by atoms with van der Waals surface area (Å²) in [7, 11) is 3.36. The van der Waals surface area contributed by atoms with E-state index in [0.717, 1.165) is 78.1 Å². The minimum atomic E-state index is -1.48. The van der Waals surface area contributed by atoms with Crippen LogP contribution in [0.1, 0.15) is 75.7 Å². The van der Waals surface area contributed by atoms with Crippen LogP contribution in [-0.2, 0) is 48.0 Å². The molecule has 2 N–H and O–H groups in total. The SMILES string of the molecule is COCCN1CCN(c2cnc([C@H](C)OC)c(-c3c4c5cc(ccc5n3CC(F)CCF)-c3csc(n3)CC(NC(=O)[C@H]3C[C@@H]3C)C(=O)N3CCC[C@H](N3)C(=O)OCC(C)(C)C4)c2)CC1. The highest BCUT2D eigenvalue weighted by Gasteiger charge is 2.42. The number of pyridine rings is 1. The van der Waals surface area contributed by atoms with E-state index in [1.165, 1.54) is 16.3 Å². The second kappa shape index (κ2) is 20.1. The highest BCUT2D eigenvalue weighted by atomic mass is 32.1. The van der Waals surface area contributed by atoms with E-state index >= 15 is 4.39 Å². The Bertz CT molecular complexity index is 2350. The molecule has 4 aliphatic rings. The van der Waals surface area contributed by atoms with Crippen molar-refractivity contribution in [3.05, 3.63) is 52.1 Å². The molecule has 3 fully saturated rings. The van der Waals surface area contributed by atoms with Crippen molar-refractivity contribution in [2.75, 3.05) is 78.3 Å². The number of methoxy groups -OCH3 is 2. The number of ether oxygens (including phenoxy) is 3. The number of cyclic esters (lactones) is 1. The number of esters is 1. The van der Waals surface area contributed by atoms with E-state index < -0.39 is 42.4 Å². The molecule has 4 aromatic rings. The van der Waals surface area contributed by atoms with Gasteiger partial charge in [0.1, 0.15) is 18.3 Å². The number of carbonyl (C=O) groups is 3. The van der Waals surface area contributed by atoms with Gasteiger partial charge in [0.05, 0.1) is 66.5 Å². The fourth-order valence-electron chi connectivity index (χ4n) is 9.46. The second-order valence-corrected chi connectivity index (χ2v) is 20.0. The molecule has 6 heterocycles. The topological polar surface area (TPSA) is 143 Å². The van der Waals surface area contributed by atoms with Crippen LogP contribution in [0.15, 0.2) is 35.8 Å². The first-order valence-corrected chi connectivity index (χ1v) is 24.0. The standard InChI is InChI=1S/C48H64F2N8O6S/c1-29-20-34(29)45(59)53-39-23-42-52-40(27-65-42)31-9-10-41-35(21-31)37(24-48(3,4)28-64-47(61)38-8-7-13-58(54-38)46(39)60)44(57(41)26-32(50)11-12-49)36-22-33(25-51-43(36)30(2)63-6)56-16-14-55(15-17-56)18-19-62-5/h9-10,21-22,25,27,29-30,32,34,38-39,54H,7-8,11-20,23-24,26,28H2,1-6H3,(H,53,59)/t29-,30-,32?,34-,38-,39?/m0/s1. The zero-order valence-electron chi connectivity index (χ0n) is 38.5. The van der Waals surface area contributed by atoms with Gasteiger partial charge in [0.2, 0.25) is 5.91 Å². The maximum Gasteiger partial charge on any atom is 0.324 e. The molecule has 3 aromatic heterocycles. The molecule has 65 heavy (non-hydrogen) atoms. The Morgan fingerprint density at radius 1 is 1.14 bits per heavy atom. The van der Waals surface area contributed by atoms with Gasteiger partial charge in [-0.25, -0.2) is 14.8 Å². The van der Waals surface area contributed by atoms with Gasteiger partial charge in [-0.1, -0.05) is 26.8 Å². The number of amides is 2. The lowest BCUT2D eigenvalue weighted by atomic mass is 9.84. The number of fused-ring (bicyclic) bond motifs is 6. The Balaban J connectivity index is 1.27. The third-order valence-electron chi connectivity index (χ3n) is 13.5. The van der Waals surface area contributed by atoms with Crippen LogP contribution in [0, 0.1) is 17.3 Å². The first-order chi connectivity index (χ1) is 31.3. The Morgan fingerprint density at radius 2 is 1.92 bits per heavy atom. The fourth-order valence-corrected chi connectivity index (χ4v) is 10.3. The van der Waals surface area contributed by atoms with E-state index in [0.29, 0.717) is 48.8 Å². The molecule has 1 aliphatic carbocycles. The molecule has 0 radical (unpaired) electrons.